The molecule has 0 aliphatic rings. The summed E-state index contributed by atoms with van der Waals surface area (Å²) in [4.78, 5) is 14.1. The predicted molar refractivity (Wildman–Crippen MR) is 63.8 cm³/mol. The van der Waals surface area contributed by atoms with Crippen LogP contribution in [0.15, 0.2) is 18.2 Å². The number of benzene rings is 1. The van der Waals surface area contributed by atoms with E-state index in [-0.39, 0.29) is 23.2 Å². The first-order valence-electron chi connectivity index (χ1n) is 5.70. The second-order valence-electron chi connectivity index (χ2n) is 4.21. The van der Waals surface area contributed by atoms with Crippen LogP contribution in [-0.4, -0.2) is 17.6 Å². The Kier molecular flexibility index (Phi) is 3.26. The molecule has 2 aromatic rings. The fourth-order valence-electron chi connectivity index (χ4n) is 1.88. The van der Waals surface area contributed by atoms with Gasteiger partial charge in [-0.15, -0.1) is 0 Å². The minimum atomic E-state index is -3.20. The number of fused-ring (bicyclic) bond motifs is 1. The first kappa shape index (κ1) is 13.5. The number of halogens is 3. The maximum absolute atomic E-state index is 13.4. The van der Waals surface area contributed by atoms with Crippen LogP contribution in [0.3, 0.4) is 0 Å². The standard InChI is InChI=1S/C13H12F3NO2/c1-3-19-12(18)11-6-8-9(13(2,15)16)4-7(14)5-10(8)17-11/h4-6,17H,3H2,1-2H3. The van der Waals surface area contributed by atoms with Gasteiger partial charge in [0, 0.05) is 23.4 Å². The molecular formula is C13H12F3NO2. The molecule has 1 heterocycles. The highest BCUT2D eigenvalue weighted by Gasteiger charge is 2.28. The molecule has 6 heteroatoms. The number of esters is 1. The van der Waals surface area contributed by atoms with Gasteiger partial charge in [-0.05, 0) is 25.1 Å². The first-order chi connectivity index (χ1) is 8.82. The summed E-state index contributed by atoms with van der Waals surface area (Å²) >= 11 is 0. The van der Waals surface area contributed by atoms with E-state index in [1.807, 2.05) is 0 Å². The summed E-state index contributed by atoms with van der Waals surface area (Å²) in [6.07, 6.45) is 0. The highest BCUT2D eigenvalue weighted by molar-refractivity contribution is 5.96. The zero-order chi connectivity index (χ0) is 14.2. The third-order valence-electron chi connectivity index (χ3n) is 2.67. The second kappa shape index (κ2) is 4.60. The highest BCUT2D eigenvalue weighted by Crippen LogP contribution is 2.34. The van der Waals surface area contributed by atoms with Crippen molar-refractivity contribution in [2.24, 2.45) is 0 Å². The summed E-state index contributed by atoms with van der Waals surface area (Å²) < 4.78 is 44.9. The monoisotopic (exact) mass is 271 g/mol. The van der Waals surface area contributed by atoms with Crippen LogP contribution in [0.1, 0.15) is 29.9 Å². The maximum atomic E-state index is 13.4. The predicted octanol–water partition coefficient (Wildman–Crippen LogP) is 3.60. The SMILES string of the molecule is CCOC(=O)c1cc2c(C(C)(F)F)cc(F)cc2[nH]1. The lowest BCUT2D eigenvalue weighted by molar-refractivity contribution is 0.0187. The molecule has 1 N–H and O–H groups in total. The van der Waals surface area contributed by atoms with Crippen molar-refractivity contribution in [3.05, 3.63) is 35.3 Å². The lowest BCUT2D eigenvalue weighted by Gasteiger charge is -2.11. The van der Waals surface area contributed by atoms with Gasteiger partial charge in [0.2, 0.25) is 0 Å². The van der Waals surface area contributed by atoms with Gasteiger partial charge in [-0.1, -0.05) is 0 Å². The number of rotatable bonds is 3. The molecule has 0 aliphatic heterocycles. The Hall–Kier alpha value is -1.98. The third-order valence-corrected chi connectivity index (χ3v) is 2.67. The summed E-state index contributed by atoms with van der Waals surface area (Å²) in [5.74, 6) is -4.65. The summed E-state index contributed by atoms with van der Waals surface area (Å²) in [5, 5.41) is 0.108. The average molecular weight is 271 g/mol. The van der Waals surface area contributed by atoms with Crippen LogP contribution in [-0.2, 0) is 10.7 Å². The minimum absolute atomic E-state index is 0.0213. The maximum Gasteiger partial charge on any atom is 0.354 e. The molecule has 0 bridgehead atoms. The number of aromatic nitrogens is 1. The van der Waals surface area contributed by atoms with Crippen molar-refractivity contribution in [1.29, 1.82) is 0 Å². The average Bonchev–Trinajstić information content (AvgIpc) is 2.70. The van der Waals surface area contributed by atoms with Crippen LogP contribution >= 0.6 is 0 Å². The van der Waals surface area contributed by atoms with E-state index in [1.54, 1.807) is 6.92 Å². The van der Waals surface area contributed by atoms with Crippen LogP contribution in [0.5, 0.6) is 0 Å². The molecule has 0 unspecified atom stereocenters. The summed E-state index contributed by atoms with van der Waals surface area (Å²) in [7, 11) is 0. The lowest BCUT2D eigenvalue weighted by atomic mass is 10.0. The van der Waals surface area contributed by atoms with Crippen LogP contribution in [0.25, 0.3) is 10.9 Å². The lowest BCUT2D eigenvalue weighted by Crippen LogP contribution is -2.07. The van der Waals surface area contributed by atoms with Crippen LogP contribution in [0.2, 0.25) is 0 Å². The van der Waals surface area contributed by atoms with Crippen molar-refractivity contribution in [3.8, 4) is 0 Å². The Morgan fingerprint density at radius 3 is 2.63 bits per heavy atom. The Morgan fingerprint density at radius 1 is 1.37 bits per heavy atom. The van der Waals surface area contributed by atoms with Crippen LogP contribution in [0.4, 0.5) is 13.2 Å². The van der Waals surface area contributed by atoms with Gasteiger partial charge in [-0.3, -0.25) is 0 Å². The number of alkyl halides is 2. The largest absolute Gasteiger partial charge is 0.461 e. The molecule has 1 aromatic heterocycles. The van der Waals surface area contributed by atoms with E-state index >= 15 is 0 Å². The van der Waals surface area contributed by atoms with Gasteiger partial charge in [0.15, 0.2) is 0 Å². The van der Waals surface area contributed by atoms with Gasteiger partial charge < -0.3 is 9.72 Å². The van der Waals surface area contributed by atoms with Gasteiger partial charge in [-0.25, -0.2) is 18.0 Å². The topological polar surface area (TPSA) is 42.1 Å². The molecule has 19 heavy (non-hydrogen) atoms. The van der Waals surface area contributed by atoms with Crippen molar-refractivity contribution in [2.45, 2.75) is 19.8 Å². The van der Waals surface area contributed by atoms with Crippen molar-refractivity contribution in [3.63, 3.8) is 0 Å². The van der Waals surface area contributed by atoms with Gasteiger partial charge in [-0.2, -0.15) is 0 Å². The van der Waals surface area contributed by atoms with Gasteiger partial charge in [0.05, 0.1) is 6.61 Å². The highest BCUT2D eigenvalue weighted by atomic mass is 19.3. The molecule has 2 rings (SSSR count). The van der Waals surface area contributed by atoms with Crippen molar-refractivity contribution >= 4 is 16.9 Å². The molecular weight excluding hydrogens is 259 g/mol. The normalized spacial score (nSPS) is 11.8. The summed E-state index contributed by atoms with van der Waals surface area (Å²) in [6.45, 7) is 2.48. The zero-order valence-electron chi connectivity index (χ0n) is 10.4. The molecule has 0 radical (unpaired) electrons. The van der Waals surface area contributed by atoms with Gasteiger partial charge >= 0.3 is 5.97 Å². The number of nitrogens with one attached hydrogen (secondary N) is 1. The zero-order valence-corrected chi connectivity index (χ0v) is 10.4. The summed E-state index contributed by atoms with van der Waals surface area (Å²) in [6, 6.07) is 3.08. The molecule has 0 atom stereocenters. The molecule has 0 saturated heterocycles. The number of aromatic amines is 1. The molecule has 0 saturated carbocycles. The Bertz CT molecular complexity index is 629. The third kappa shape index (κ3) is 2.57. The van der Waals surface area contributed by atoms with E-state index in [2.05, 4.69) is 4.98 Å². The van der Waals surface area contributed by atoms with Crippen molar-refractivity contribution < 1.29 is 22.7 Å². The molecule has 0 fully saturated rings. The van der Waals surface area contributed by atoms with E-state index in [9.17, 15) is 18.0 Å². The number of hydrogen-bond donors (Lipinski definition) is 1. The molecule has 0 spiro atoms. The fraction of sp³-hybridized carbons (Fsp3) is 0.308. The van der Waals surface area contributed by atoms with Crippen LogP contribution < -0.4 is 0 Å². The Balaban J connectivity index is 2.62. The van der Waals surface area contributed by atoms with Gasteiger partial charge in [0.25, 0.3) is 5.92 Å². The molecule has 1 aromatic carbocycles. The van der Waals surface area contributed by atoms with Crippen molar-refractivity contribution in [1.82, 2.24) is 4.98 Å². The Morgan fingerprint density at radius 2 is 2.05 bits per heavy atom. The minimum Gasteiger partial charge on any atom is -0.461 e. The van der Waals surface area contributed by atoms with E-state index < -0.39 is 23.3 Å². The van der Waals surface area contributed by atoms with E-state index in [0.29, 0.717) is 6.92 Å². The molecule has 0 aliphatic carbocycles. The summed E-state index contributed by atoms with van der Waals surface area (Å²) in [5.41, 5.74) is -0.304. The molecule has 102 valence electrons. The fourth-order valence-corrected chi connectivity index (χ4v) is 1.88. The second-order valence-corrected chi connectivity index (χ2v) is 4.21. The number of carbonyl (C=O) groups excluding carboxylic acids is 1. The smallest absolute Gasteiger partial charge is 0.354 e. The van der Waals surface area contributed by atoms with Crippen LogP contribution in [0, 0.1) is 5.82 Å². The quantitative estimate of drug-likeness (QED) is 0.867. The number of H-pyrrole nitrogens is 1. The molecule has 3 nitrogen and oxygen atoms in total. The molecule has 0 amide bonds. The first-order valence-corrected chi connectivity index (χ1v) is 5.70. The Labute approximate surface area is 107 Å². The number of hydrogen-bond acceptors (Lipinski definition) is 2. The number of ether oxygens (including phenoxy) is 1. The van der Waals surface area contributed by atoms with Crippen molar-refractivity contribution in [2.75, 3.05) is 6.61 Å². The van der Waals surface area contributed by atoms with E-state index in [0.717, 1.165) is 12.1 Å². The number of carbonyl (C=O) groups is 1. The van der Waals surface area contributed by atoms with E-state index in [1.165, 1.54) is 6.07 Å². The van der Waals surface area contributed by atoms with E-state index in [4.69, 9.17) is 4.74 Å². The van der Waals surface area contributed by atoms with Gasteiger partial charge in [0.1, 0.15) is 11.5 Å².